The Hall–Kier alpha value is -1.30. The van der Waals surface area contributed by atoms with Gasteiger partial charge in [0, 0.05) is 0 Å². The molecule has 0 aromatic heterocycles. The normalized spacial score (nSPS) is 16.4. The molecule has 0 aliphatic heterocycles. The molecule has 0 saturated heterocycles. The summed E-state index contributed by atoms with van der Waals surface area (Å²) in [6.45, 7) is 20.0. The minimum absolute atomic E-state index is 0.582. The summed E-state index contributed by atoms with van der Waals surface area (Å²) in [4.78, 5) is 0. The lowest BCUT2D eigenvalue weighted by Gasteiger charge is -2.29. The molecule has 0 heterocycles. The van der Waals surface area contributed by atoms with E-state index in [2.05, 4.69) is 67.2 Å². The molecule has 0 amide bonds. The smallest absolute Gasteiger partial charge is 0.0150 e. The largest absolute Gasteiger partial charge is 0.0988 e. The first-order chi connectivity index (χ1) is 12.8. The number of allylic oxidation sites excluding steroid dienone is 9. The van der Waals surface area contributed by atoms with E-state index in [0.717, 1.165) is 6.42 Å². The number of hydrogen-bond donors (Lipinski definition) is 0. The number of unbranched alkanes of at least 4 members (excludes halogenated alkanes) is 3. The van der Waals surface area contributed by atoms with Gasteiger partial charge in [0.2, 0.25) is 0 Å². The Bertz CT molecular complexity index is 600. The monoisotopic (exact) mass is 368 g/mol. The first-order valence-electron chi connectivity index (χ1n) is 11.2. The summed E-state index contributed by atoms with van der Waals surface area (Å²) in [7, 11) is 0. The summed E-state index contributed by atoms with van der Waals surface area (Å²) < 4.78 is 0. The highest BCUT2D eigenvalue weighted by Gasteiger charge is 2.22. The summed E-state index contributed by atoms with van der Waals surface area (Å²) >= 11 is 0. The van der Waals surface area contributed by atoms with Crippen LogP contribution in [0, 0.1) is 11.8 Å². The lowest BCUT2D eigenvalue weighted by molar-refractivity contribution is 0.601. The average molecular weight is 369 g/mol. The Labute approximate surface area is 170 Å². The fourth-order valence-electron chi connectivity index (χ4n) is 4.19. The van der Waals surface area contributed by atoms with E-state index in [1.54, 1.807) is 16.7 Å². The minimum atomic E-state index is 0.582. The molecule has 0 saturated carbocycles. The van der Waals surface area contributed by atoms with Crippen molar-refractivity contribution in [1.29, 1.82) is 0 Å². The standard InChI is InChI=1S/C27H44/c1-9-11-12-13-15-27-25(21(5)6)16-14-17-26(27)23(8)19-24(20(3)4)18-22(7)10-2/h10,17-18,21,23H,2,9,11-16,19H2,1,3-8H3/b22-18-. The second-order valence-corrected chi connectivity index (χ2v) is 8.89. The third-order valence-corrected chi connectivity index (χ3v) is 5.91. The van der Waals surface area contributed by atoms with Gasteiger partial charge in [-0.25, -0.2) is 0 Å². The highest BCUT2D eigenvalue weighted by Crippen LogP contribution is 2.39. The van der Waals surface area contributed by atoms with E-state index in [4.69, 9.17) is 0 Å². The highest BCUT2D eigenvalue weighted by molar-refractivity contribution is 5.42. The van der Waals surface area contributed by atoms with Gasteiger partial charge in [-0.05, 0) is 81.4 Å². The van der Waals surface area contributed by atoms with E-state index in [0.29, 0.717) is 11.8 Å². The predicted octanol–water partition coefficient (Wildman–Crippen LogP) is 9.12. The van der Waals surface area contributed by atoms with Crippen LogP contribution in [0.4, 0.5) is 0 Å². The zero-order valence-corrected chi connectivity index (χ0v) is 19.3. The molecular formula is C27H44. The third-order valence-electron chi connectivity index (χ3n) is 5.91. The van der Waals surface area contributed by atoms with Gasteiger partial charge in [-0.3, -0.25) is 0 Å². The fraction of sp³-hybridized carbons (Fsp3) is 0.630. The zero-order chi connectivity index (χ0) is 20.4. The maximum absolute atomic E-state index is 3.92. The minimum Gasteiger partial charge on any atom is -0.0988 e. The van der Waals surface area contributed by atoms with E-state index in [1.807, 2.05) is 6.08 Å². The molecule has 0 N–H and O–H groups in total. The van der Waals surface area contributed by atoms with Crippen LogP contribution in [-0.2, 0) is 0 Å². The maximum Gasteiger partial charge on any atom is -0.0150 e. The van der Waals surface area contributed by atoms with E-state index >= 15 is 0 Å². The molecule has 0 fully saturated rings. The van der Waals surface area contributed by atoms with Crippen LogP contribution < -0.4 is 0 Å². The van der Waals surface area contributed by atoms with Gasteiger partial charge < -0.3 is 0 Å². The van der Waals surface area contributed by atoms with Crippen molar-refractivity contribution in [2.45, 2.75) is 99.8 Å². The Kier molecular flexibility index (Phi) is 10.7. The van der Waals surface area contributed by atoms with Crippen LogP contribution >= 0.6 is 0 Å². The average Bonchev–Trinajstić information content (AvgIpc) is 2.63. The van der Waals surface area contributed by atoms with E-state index in [-0.39, 0.29) is 0 Å². The first kappa shape index (κ1) is 23.7. The molecular weight excluding hydrogens is 324 g/mol. The van der Waals surface area contributed by atoms with E-state index in [1.165, 1.54) is 61.7 Å². The molecule has 1 aliphatic rings. The van der Waals surface area contributed by atoms with Crippen LogP contribution in [0.2, 0.25) is 0 Å². The molecule has 27 heavy (non-hydrogen) atoms. The third kappa shape index (κ3) is 7.68. The lowest BCUT2D eigenvalue weighted by atomic mass is 9.76. The molecule has 0 nitrogen and oxygen atoms in total. The summed E-state index contributed by atoms with van der Waals surface area (Å²) in [5.74, 6) is 1.26. The molecule has 0 radical (unpaired) electrons. The molecule has 0 spiro atoms. The van der Waals surface area contributed by atoms with Gasteiger partial charge in [0.15, 0.2) is 0 Å². The molecule has 152 valence electrons. The van der Waals surface area contributed by atoms with Gasteiger partial charge in [0.05, 0.1) is 0 Å². The van der Waals surface area contributed by atoms with Crippen molar-refractivity contribution < 1.29 is 0 Å². The van der Waals surface area contributed by atoms with Crippen molar-refractivity contribution in [3.05, 3.63) is 58.2 Å². The van der Waals surface area contributed by atoms with Gasteiger partial charge in [-0.15, -0.1) is 0 Å². The van der Waals surface area contributed by atoms with Crippen molar-refractivity contribution in [2.24, 2.45) is 11.8 Å². The maximum atomic E-state index is 3.92. The first-order valence-corrected chi connectivity index (χ1v) is 11.2. The van der Waals surface area contributed by atoms with Gasteiger partial charge >= 0.3 is 0 Å². The summed E-state index contributed by atoms with van der Waals surface area (Å²) in [6, 6.07) is 0. The second-order valence-electron chi connectivity index (χ2n) is 8.89. The number of hydrogen-bond acceptors (Lipinski definition) is 0. The zero-order valence-electron chi connectivity index (χ0n) is 19.3. The van der Waals surface area contributed by atoms with Gasteiger partial charge in [0.25, 0.3) is 0 Å². The summed E-state index contributed by atoms with van der Waals surface area (Å²) in [5, 5.41) is 0. The van der Waals surface area contributed by atoms with E-state index < -0.39 is 0 Å². The molecule has 1 rings (SSSR count). The van der Waals surface area contributed by atoms with Crippen LogP contribution in [0.25, 0.3) is 0 Å². The van der Waals surface area contributed by atoms with E-state index in [9.17, 15) is 0 Å². The van der Waals surface area contributed by atoms with Crippen LogP contribution in [0.3, 0.4) is 0 Å². The number of rotatable bonds is 11. The van der Waals surface area contributed by atoms with Crippen LogP contribution in [0.15, 0.2) is 58.2 Å². The quantitative estimate of drug-likeness (QED) is 0.252. The fourth-order valence-corrected chi connectivity index (χ4v) is 4.19. The second kappa shape index (κ2) is 12.2. The van der Waals surface area contributed by atoms with Crippen molar-refractivity contribution in [3.8, 4) is 0 Å². The summed E-state index contributed by atoms with van der Waals surface area (Å²) in [6.07, 6.45) is 17.1. The van der Waals surface area contributed by atoms with Crippen molar-refractivity contribution in [2.75, 3.05) is 0 Å². The van der Waals surface area contributed by atoms with Crippen LogP contribution in [0.1, 0.15) is 99.8 Å². The molecule has 0 bridgehead atoms. The summed E-state index contributed by atoms with van der Waals surface area (Å²) in [5.41, 5.74) is 9.24. The highest BCUT2D eigenvalue weighted by atomic mass is 14.3. The van der Waals surface area contributed by atoms with Gasteiger partial charge in [-0.2, -0.15) is 0 Å². The molecule has 1 unspecified atom stereocenters. The van der Waals surface area contributed by atoms with Crippen molar-refractivity contribution >= 4 is 0 Å². The molecule has 0 aromatic rings. The van der Waals surface area contributed by atoms with Crippen molar-refractivity contribution in [3.63, 3.8) is 0 Å². The Morgan fingerprint density at radius 2 is 1.81 bits per heavy atom. The molecule has 1 atom stereocenters. The van der Waals surface area contributed by atoms with Crippen LogP contribution in [-0.4, -0.2) is 0 Å². The Balaban J connectivity index is 3.06. The van der Waals surface area contributed by atoms with Gasteiger partial charge in [0.1, 0.15) is 0 Å². The molecule has 1 aliphatic carbocycles. The Morgan fingerprint density at radius 3 is 2.37 bits per heavy atom. The topological polar surface area (TPSA) is 0 Å². The van der Waals surface area contributed by atoms with Crippen LogP contribution in [0.5, 0.6) is 0 Å². The molecule has 0 heteroatoms. The van der Waals surface area contributed by atoms with Crippen molar-refractivity contribution in [1.82, 2.24) is 0 Å². The predicted molar refractivity (Wildman–Crippen MR) is 124 cm³/mol. The Morgan fingerprint density at radius 1 is 1.11 bits per heavy atom. The van der Waals surface area contributed by atoms with Gasteiger partial charge in [-0.1, -0.05) is 88.5 Å². The SMILES string of the molecule is C=C/C(C)=C\C(CC(C)C1=CCCC(C(C)C)=C1CCCCCC)=C(C)C. The molecule has 0 aromatic carbocycles. The lowest BCUT2D eigenvalue weighted by Crippen LogP contribution is -2.13.